The van der Waals surface area contributed by atoms with Gasteiger partial charge in [-0.3, -0.25) is 14.5 Å². The van der Waals surface area contributed by atoms with Crippen LogP contribution in [0.4, 0.5) is 4.39 Å². The van der Waals surface area contributed by atoms with Crippen molar-refractivity contribution in [2.75, 3.05) is 0 Å². The molecule has 11 heteroatoms. The van der Waals surface area contributed by atoms with E-state index < -0.39 is 11.4 Å². The van der Waals surface area contributed by atoms with Crippen LogP contribution in [-0.4, -0.2) is 25.0 Å². The van der Waals surface area contributed by atoms with Crippen LogP contribution in [0.15, 0.2) is 35.4 Å². The standard InChI is InChI=1S/C24H16Cl2FN7O/c1-10-21(27)20(15(6-28)13-5-12(25)8-30-22(10)13)23-16(9-31-34(23)2)11-3-14-18(7-29)32-33-24(35)19(14)17(26)4-11/h3-5,8-9H,7,29H2,1-2H3,(H,33,35). The number of halogens is 3. The molecular formula is C24H16Cl2FN7O. The molecular weight excluding hydrogens is 492 g/mol. The zero-order valence-corrected chi connectivity index (χ0v) is 20.0. The number of hydrogen-bond acceptors (Lipinski definition) is 6. The number of rotatable bonds is 3. The fraction of sp³-hybridized carbons (Fsp3) is 0.125. The Morgan fingerprint density at radius 1 is 1.23 bits per heavy atom. The molecule has 2 aromatic carbocycles. The van der Waals surface area contributed by atoms with E-state index in [0.29, 0.717) is 43.8 Å². The molecule has 0 radical (unpaired) electrons. The molecule has 0 saturated heterocycles. The average molecular weight is 508 g/mol. The molecule has 3 aromatic heterocycles. The molecule has 0 fully saturated rings. The molecule has 5 rings (SSSR count). The lowest BCUT2D eigenvalue weighted by molar-refractivity contribution is 0.620. The maximum absolute atomic E-state index is 15.9. The Bertz CT molecular complexity index is 1790. The van der Waals surface area contributed by atoms with Gasteiger partial charge < -0.3 is 5.73 Å². The van der Waals surface area contributed by atoms with Gasteiger partial charge in [0.2, 0.25) is 0 Å². The number of hydrogen-bond donors (Lipinski definition) is 2. The SMILES string of the molecule is Cc1c(F)c(-c2c(-c3cc(Cl)c4c(=O)[nH]nc(CN)c4c3)cnn2C)c(C#N)c2cc(Cl)cnc12. The summed E-state index contributed by atoms with van der Waals surface area (Å²) < 4.78 is 17.3. The second-order valence-corrected chi connectivity index (χ2v) is 8.81. The first kappa shape index (κ1) is 22.9. The normalized spacial score (nSPS) is 11.3. The fourth-order valence-electron chi connectivity index (χ4n) is 4.36. The molecule has 35 heavy (non-hydrogen) atoms. The third kappa shape index (κ3) is 3.46. The lowest BCUT2D eigenvalue weighted by atomic mass is 9.92. The molecule has 3 heterocycles. The minimum absolute atomic E-state index is 0.0656. The van der Waals surface area contributed by atoms with E-state index in [9.17, 15) is 10.1 Å². The number of benzene rings is 2. The van der Waals surface area contributed by atoms with E-state index in [1.165, 1.54) is 10.9 Å². The lowest BCUT2D eigenvalue weighted by Gasteiger charge is -2.15. The largest absolute Gasteiger partial charge is 0.325 e. The average Bonchev–Trinajstić information content (AvgIpc) is 3.21. The summed E-state index contributed by atoms with van der Waals surface area (Å²) in [5.41, 5.74) is 7.99. The van der Waals surface area contributed by atoms with E-state index in [0.717, 1.165) is 0 Å². The Balaban J connectivity index is 1.88. The van der Waals surface area contributed by atoms with Gasteiger partial charge in [0.25, 0.3) is 5.56 Å². The topological polar surface area (TPSA) is 126 Å². The van der Waals surface area contributed by atoms with Crippen LogP contribution in [0.25, 0.3) is 44.1 Å². The second-order valence-electron chi connectivity index (χ2n) is 7.97. The maximum atomic E-state index is 15.9. The minimum Gasteiger partial charge on any atom is -0.325 e. The summed E-state index contributed by atoms with van der Waals surface area (Å²) in [6, 6.07) is 7.01. The zero-order valence-electron chi connectivity index (χ0n) is 18.4. The molecule has 0 atom stereocenters. The number of nitrogens with zero attached hydrogens (tertiary/aromatic N) is 5. The zero-order chi connectivity index (χ0) is 25.0. The number of aromatic amines is 1. The summed E-state index contributed by atoms with van der Waals surface area (Å²) in [5.74, 6) is -0.596. The molecule has 0 aliphatic rings. The number of nitrogens with two attached hydrogens (primary N) is 1. The summed E-state index contributed by atoms with van der Waals surface area (Å²) in [7, 11) is 1.65. The van der Waals surface area contributed by atoms with E-state index in [-0.39, 0.29) is 33.6 Å². The molecule has 0 aliphatic carbocycles. The molecule has 5 aromatic rings. The van der Waals surface area contributed by atoms with E-state index >= 15 is 4.39 Å². The van der Waals surface area contributed by atoms with Gasteiger partial charge in [-0.05, 0) is 30.7 Å². The van der Waals surface area contributed by atoms with Crippen molar-refractivity contribution in [3.05, 3.63) is 73.6 Å². The van der Waals surface area contributed by atoms with Gasteiger partial charge >= 0.3 is 0 Å². The Hall–Kier alpha value is -3.84. The minimum atomic E-state index is -0.596. The van der Waals surface area contributed by atoms with Crippen molar-refractivity contribution in [2.45, 2.75) is 13.5 Å². The Labute approximate surface area is 207 Å². The number of aryl methyl sites for hydroxylation is 2. The number of fused-ring (bicyclic) bond motifs is 2. The summed E-state index contributed by atoms with van der Waals surface area (Å²) in [5, 5.41) is 22.5. The van der Waals surface area contributed by atoms with Gasteiger partial charge in [-0.25, -0.2) is 9.49 Å². The number of nitriles is 1. The van der Waals surface area contributed by atoms with Gasteiger partial charge in [-0.1, -0.05) is 23.2 Å². The molecule has 174 valence electrons. The van der Waals surface area contributed by atoms with Crippen molar-refractivity contribution in [3.8, 4) is 28.5 Å². The van der Waals surface area contributed by atoms with E-state index in [1.54, 1.807) is 38.4 Å². The van der Waals surface area contributed by atoms with Crippen LogP contribution in [0.3, 0.4) is 0 Å². The summed E-state index contributed by atoms with van der Waals surface area (Å²) in [4.78, 5) is 16.6. The summed E-state index contributed by atoms with van der Waals surface area (Å²) >= 11 is 12.6. The quantitative estimate of drug-likeness (QED) is 0.366. The lowest BCUT2D eigenvalue weighted by Crippen LogP contribution is -2.13. The molecule has 0 bridgehead atoms. The predicted octanol–water partition coefficient (Wildman–Crippen LogP) is 4.62. The highest BCUT2D eigenvalue weighted by Gasteiger charge is 2.26. The van der Waals surface area contributed by atoms with Crippen molar-refractivity contribution in [1.82, 2.24) is 25.0 Å². The van der Waals surface area contributed by atoms with Gasteiger partial charge in [-0.2, -0.15) is 15.5 Å². The van der Waals surface area contributed by atoms with Crippen LogP contribution in [0.2, 0.25) is 10.0 Å². The number of H-pyrrole nitrogens is 1. The number of pyridine rings is 1. The highest BCUT2D eigenvalue weighted by atomic mass is 35.5. The first-order valence-corrected chi connectivity index (χ1v) is 11.1. The van der Waals surface area contributed by atoms with Crippen LogP contribution < -0.4 is 11.3 Å². The van der Waals surface area contributed by atoms with Crippen molar-refractivity contribution in [1.29, 1.82) is 5.26 Å². The van der Waals surface area contributed by atoms with E-state index in [2.05, 4.69) is 26.3 Å². The van der Waals surface area contributed by atoms with Crippen molar-refractivity contribution in [2.24, 2.45) is 12.8 Å². The third-order valence-electron chi connectivity index (χ3n) is 5.99. The van der Waals surface area contributed by atoms with Gasteiger partial charge in [0.15, 0.2) is 0 Å². The predicted molar refractivity (Wildman–Crippen MR) is 133 cm³/mol. The molecule has 0 unspecified atom stereocenters. The maximum Gasteiger partial charge on any atom is 0.273 e. The highest BCUT2D eigenvalue weighted by Crippen LogP contribution is 2.41. The van der Waals surface area contributed by atoms with Crippen LogP contribution in [-0.2, 0) is 13.6 Å². The molecule has 3 N–H and O–H groups in total. The van der Waals surface area contributed by atoms with Gasteiger partial charge in [0, 0.05) is 41.7 Å². The van der Waals surface area contributed by atoms with E-state index in [4.69, 9.17) is 28.9 Å². The van der Waals surface area contributed by atoms with Gasteiger partial charge in [0.1, 0.15) is 11.9 Å². The second kappa shape index (κ2) is 8.43. The monoisotopic (exact) mass is 507 g/mol. The first-order chi connectivity index (χ1) is 16.8. The van der Waals surface area contributed by atoms with Crippen LogP contribution in [0.1, 0.15) is 16.8 Å². The first-order valence-electron chi connectivity index (χ1n) is 10.4. The Morgan fingerprint density at radius 3 is 2.71 bits per heavy atom. The van der Waals surface area contributed by atoms with Gasteiger partial charge in [0.05, 0.1) is 49.7 Å². The van der Waals surface area contributed by atoms with Crippen LogP contribution >= 0.6 is 23.2 Å². The van der Waals surface area contributed by atoms with E-state index in [1.807, 2.05) is 0 Å². The van der Waals surface area contributed by atoms with Crippen LogP contribution in [0, 0.1) is 24.1 Å². The Kier molecular flexibility index (Phi) is 5.52. The fourth-order valence-corrected chi connectivity index (χ4v) is 4.82. The Morgan fingerprint density at radius 2 is 2.00 bits per heavy atom. The summed E-state index contributed by atoms with van der Waals surface area (Å²) in [6.07, 6.45) is 2.96. The molecule has 0 saturated carbocycles. The molecule has 0 aliphatic heterocycles. The number of aromatic nitrogens is 5. The molecule has 0 amide bonds. The molecule has 0 spiro atoms. The van der Waals surface area contributed by atoms with Crippen molar-refractivity contribution >= 4 is 44.9 Å². The van der Waals surface area contributed by atoms with Crippen molar-refractivity contribution in [3.63, 3.8) is 0 Å². The number of nitrogens with one attached hydrogen (secondary N) is 1. The van der Waals surface area contributed by atoms with Crippen molar-refractivity contribution < 1.29 is 4.39 Å². The molecule has 8 nitrogen and oxygen atoms in total. The van der Waals surface area contributed by atoms with Gasteiger partial charge in [-0.15, -0.1) is 0 Å². The van der Waals surface area contributed by atoms with Crippen LogP contribution in [0.5, 0.6) is 0 Å². The highest BCUT2D eigenvalue weighted by molar-refractivity contribution is 6.36. The summed E-state index contributed by atoms with van der Waals surface area (Å²) in [6.45, 7) is 1.66. The third-order valence-corrected chi connectivity index (χ3v) is 6.49. The smallest absolute Gasteiger partial charge is 0.273 e.